The van der Waals surface area contributed by atoms with E-state index < -0.39 is 5.82 Å². The maximum Gasteiger partial charge on any atom is 0.263 e. The molecule has 0 unspecified atom stereocenters. The molecule has 0 aliphatic heterocycles. The Kier molecular flexibility index (Phi) is 5.21. The molecular formula is C26H17FN2O2S. The number of aromatic nitrogens is 2. The molecule has 0 aliphatic rings. The highest BCUT2D eigenvalue weighted by molar-refractivity contribution is 7.17. The quantitative estimate of drug-likeness (QED) is 0.324. The fourth-order valence-corrected chi connectivity index (χ4v) is 4.55. The molecule has 0 atom stereocenters. The van der Waals surface area contributed by atoms with Crippen LogP contribution < -0.4 is 5.56 Å². The number of hydrogen-bond acceptors (Lipinski definition) is 4. The molecular weight excluding hydrogens is 423 g/mol. The fourth-order valence-electron chi connectivity index (χ4n) is 3.65. The van der Waals surface area contributed by atoms with Gasteiger partial charge in [0.2, 0.25) is 0 Å². The van der Waals surface area contributed by atoms with E-state index in [1.807, 2.05) is 47.8 Å². The van der Waals surface area contributed by atoms with Gasteiger partial charge in [-0.2, -0.15) is 0 Å². The molecule has 2 heterocycles. The van der Waals surface area contributed by atoms with Crippen LogP contribution in [0.3, 0.4) is 0 Å². The maximum absolute atomic E-state index is 13.2. The van der Waals surface area contributed by atoms with Gasteiger partial charge in [0, 0.05) is 16.5 Å². The molecule has 5 rings (SSSR count). The van der Waals surface area contributed by atoms with E-state index in [9.17, 15) is 14.0 Å². The summed E-state index contributed by atoms with van der Waals surface area (Å²) in [5, 5.41) is 2.42. The third-order valence-corrected chi connectivity index (χ3v) is 6.23. The van der Waals surface area contributed by atoms with E-state index in [4.69, 9.17) is 0 Å². The van der Waals surface area contributed by atoms with Crippen molar-refractivity contribution in [1.82, 2.24) is 9.55 Å². The van der Waals surface area contributed by atoms with E-state index in [1.54, 1.807) is 0 Å². The lowest BCUT2D eigenvalue weighted by atomic mass is 10.0. The Bertz CT molecular complexity index is 1470. The van der Waals surface area contributed by atoms with Crippen molar-refractivity contribution in [2.75, 3.05) is 0 Å². The van der Waals surface area contributed by atoms with Crippen LogP contribution >= 0.6 is 11.3 Å². The second-order valence-electron chi connectivity index (χ2n) is 7.38. The summed E-state index contributed by atoms with van der Waals surface area (Å²) in [4.78, 5) is 30.8. The number of fused-ring (bicyclic) bond motifs is 1. The van der Waals surface area contributed by atoms with Crippen molar-refractivity contribution in [2.24, 2.45) is 0 Å². The molecule has 6 heteroatoms. The number of hydrogen-bond donors (Lipinski definition) is 0. The summed E-state index contributed by atoms with van der Waals surface area (Å²) in [5.74, 6) is -0.694. The Labute approximate surface area is 187 Å². The number of carbonyl (C=O) groups is 1. The van der Waals surface area contributed by atoms with Crippen molar-refractivity contribution in [3.05, 3.63) is 112 Å². The van der Waals surface area contributed by atoms with Crippen molar-refractivity contribution < 1.29 is 9.18 Å². The average Bonchev–Trinajstić information content (AvgIpc) is 3.27. The average molecular weight is 440 g/mol. The summed E-state index contributed by atoms with van der Waals surface area (Å²) >= 11 is 1.40. The van der Waals surface area contributed by atoms with E-state index >= 15 is 0 Å². The monoisotopic (exact) mass is 440 g/mol. The Hall–Kier alpha value is -3.90. The van der Waals surface area contributed by atoms with Crippen LogP contribution in [-0.2, 0) is 6.54 Å². The standard InChI is InChI=1S/C26H17FN2O2S/c27-21-12-10-20(11-13-21)23(30)14-29-16-28-25-24(26(29)31)22(15-32-25)19-8-6-18(7-9-19)17-4-2-1-3-5-17/h1-13,15-16H,14H2. The van der Waals surface area contributed by atoms with E-state index in [-0.39, 0.29) is 17.9 Å². The SMILES string of the molecule is O=C(Cn1cnc2scc(-c3ccc(-c4ccccc4)cc3)c2c1=O)c1ccc(F)cc1. The lowest BCUT2D eigenvalue weighted by Crippen LogP contribution is -2.24. The minimum Gasteiger partial charge on any atom is -0.292 e. The molecule has 32 heavy (non-hydrogen) atoms. The van der Waals surface area contributed by atoms with Gasteiger partial charge in [-0.1, -0.05) is 54.6 Å². The zero-order valence-electron chi connectivity index (χ0n) is 16.9. The van der Waals surface area contributed by atoms with Gasteiger partial charge in [-0.3, -0.25) is 14.2 Å². The van der Waals surface area contributed by atoms with Crippen molar-refractivity contribution in [2.45, 2.75) is 6.54 Å². The largest absolute Gasteiger partial charge is 0.292 e. The van der Waals surface area contributed by atoms with Crippen molar-refractivity contribution in [3.63, 3.8) is 0 Å². The molecule has 5 aromatic rings. The van der Waals surface area contributed by atoms with Crippen LogP contribution in [0, 0.1) is 5.82 Å². The molecule has 0 spiro atoms. The number of ketones is 1. The normalized spacial score (nSPS) is 11.0. The van der Waals surface area contributed by atoms with E-state index in [0.717, 1.165) is 22.3 Å². The second kappa shape index (κ2) is 8.32. The Morgan fingerprint density at radius 2 is 1.53 bits per heavy atom. The van der Waals surface area contributed by atoms with Crippen LogP contribution in [0.1, 0.15) is 10.4 Å². The number of halogens is 1. The number of rotatable bonds is 5. The molecule has 4 nitrogen and oxygen atoms in total. The first-order chi connectivity index (χ1) is 15.6. The molecule has 3 aromatic carbocycles. The van der Waals surface area contributed by atoms with E-state index in [0.29, 0.717) is 15.8 Å². The van der Waals surface area contributed by atoms with Gasteiger partial charge in [0.25, 0.3) is 5.56 Å². The van der Waals surface area contributed by atoms with Gasteiger partial charge in [0.1, 0.15) is 10.6 Å². The van der Waals surface area contributed by atoms with E-state index in [1.165, 1.54) is 46.5 Å². The molecule has 0 N–H and O–H groups in total. The van der Waals surface area contributed by atoms with Gasteiger partial charge in [-0.15, -0.1) is 11.3 Å². The summed E-state index contributed by atoms with van der Waals surface area (Å²) in [6.45, 7) is -0.157. The Balaban J connectivity index is 1.49. The van der Waals surface area contributed by atoms with Crippen LogP contribution in [0.25, 0.3) is 32.5 Å². The van der Waals surface area contributed by atoms with Crippen molar-refractivity contribution in [3.8, 4) is 22.3 Å². The number of benzene rings is 3. The van der Waals surface area contributed by atoms with Crippen LogP contribution in [0.15, 0.2) is 95.4 Å². The summed E-state index contributed by atoms with van der Waals surface area (Å²) in [6.07, 6.45) is 1.39. The molecule has 0 aliphatic carbocycles. The van der Waals surface area contributed by atoms with Gasteiger partial charge in [-0.05, 0) is 41.0 Å². The molecule has 2 aromatic heterocycles. The van der Waals surface area contributed by atoms with Crippen LogP contribution in [0.4, 0.5) is 4.39 Å². The number of Topliss-reactive ketones (excluding diaryl/α,β-unsaturated/α-hetero) is 1. The predicted molar refractivity (Wildman–Crippen MR) is 125 cm³/mol. The first kappa shape index (κ1) is 20.0. The second-order valence-corrected chi connectivity index (χ2v) is 8.24. The highest BCUT2D eigenvalue weighted by Crippen LogP contribution is 2.32. The third kappa shape index (κ3) is 3.76. The third-order valence-electron chi connectivity index (χ3n) is 5.34. The molecule has 0 radical (unpaired) electrons. The summed E-state index contributed by atoms with van der Waals surface area (Å²) < 4.78 is 14.4. The topological polar surface area (TPSA) is 52.0 Å². The summed E-state index contributed by atoms with van der Waals surface area (Å²) in [5.41, 5.74) is 4.00. The van der Waals surface area contributed by atoms with Crippen LogP contribution in [0.2, 0.25) is 0 Å². The highest BCUT2D eigenvalue weighted by atomic mass is 32.1. The van der Waals surface area contributed by atoms with Crippen molar-refractivity contribution in [1.29, 1.82) is 0 Å². The van der Waals surface area contributed by atoms with Gasteiger partial charge in [0.05, 0.1) is 18.3 Å². The number of nitrogens with zero attached hydrogens (tertiary/aromatic N) is 2. The zero-order valence-corrected chi connectivity index (χ0v) is 17.7. The van der Waals surface area contributed by atoms with E-state index in [2.05, 4.69) is 17.1 Å². The lowest BCUT2D eigenvalue weighted by molar-refractivity contribution is 0.0970. The number of thiophene rings is 1. The molecule has 0 bridgehead atoms. The maximum atomic E-state index is 13.2. The van der Waals surface area contributed by atoms with Gasteiger partial charge < -0.3 is 0 Å². The minimum absolute atomic E-state index is 0.157. The first-order valence-electron chi connectivity index (χ1n) is 10.0. The minimum atomic E-state index is -0.414. The molecule has 0 saturated carbocycles. The smallest absolute Gasteiger partial charge is 0.263 e. The highest BCUT2D eigenvalue weighted by Gasteiger charge is 2.15. The van der Waals surface area contributed by atoms with Gasteiger partial charge >= 0.3 is 0 Å². The molecule has 0 amide bonds. The van der Waals surface area contributed by atoms with Gasteiger partial charge in [-0.25, -0.2) is 9.37 Å². The fraction of sp³-hybridized carbons (Fsp3) is 0.0385. The van der Waals surface area contributed by atoms with Gasteiger partial charge in [0.15, 0.2) is 5.78 Å². The van der Waals surface area contributed by atoms with Crippen molar-refractivity contribution >= 4 is 27.3 Å². The lowest BCUT2D eigenvalue weighted by Gasteiger charge is -2.07. The first-order valence-corrected chi connectivity index (χ1v) is 10.9. The van der Waals surface area contributed by atoms with Crippen LogP contribution in [-0.4, -0.2) is 15.3 Å². The number of carbonyl (C=O) groups excluding carboxylic acids is 1. The van der Waals surface area contributed by atoms with Crippen LogP contribution in [0.5, 0.6) is 0 Å². The predicted octanol–water partition coefficient (Wildman–Crippen LogP) is 5.81. The Morgan fingerprint density at radius 1 is 0.875 bits per heavy atom. The molecule has 156 valence electrons. The zero-order chi connectivity index (χ0) is 22.1. The molecule has 0 saturated heterocycles. The summed E-state index contributed by atoms with van der Waals surface area (Å²) in [6, 6.07) is 23.4. The summed E-state index contributed by atoms with van der Waals surface area (Å²) in [7, 11) is 0. The molecule has 0 fully saturated rings. The Morgan fingerprint density at radius 3 is 2.25 bits per heavy atom.